The van der Waals surface area contributed by atoms with Crippen LogP contribution < -0.4 is 0 Å². The summed E-state index contributed by atoms with van der Waals surface area (Å²) in [5, 5.41) is -0.0244. The summed E-state index contributed by atoms with van der Waals surface area (Å²) in [5.41, 5.74) is -1.05. The Bertz CT molecular complexity index is 374. The van der Waals surface area contributed by atoms with Gasteiger partial charge in [-0.15, -0.1) is 0 Å². The molecular weight excluding hydrogens is 238 g/mol. The van der Waals surface area contributed by atoms with E-state index in [0.717, 1.165) is 0 Å². The zero-order chi connectivity index (χ0) is 11.1. The Morgan fingerprint density at radius 2 is 1.57 bits per heavy atom. The fourth-order valence-electron chi connectivity index (χ4n) is 1.00. The predicted molar refractivity (Wildman–Crippen MR) is 48.7 cm³/mol. The summed E-state index contributed by atoms with van der Waals surface area (Å²) in [6.45, 7) is 2.62. The van der Waals surface area contributed by atoms with E-state index in [9.17, 15) is 13.2 Å². The third kappa shape index (κ3) is 1.96. The topological polar surface area (TPSA) is 12.9 Å². The van der Waals surface area contributed by atoms with Crippen LogP contribution >= 0.6 is 23.2 Å². The van der Waals surface area contributed by atoms with Crippen LogP contribution in [0.15, 0.2) is 0 Å². The minimum atomic E-state index is -4.50. The largest absolute Gasteiger partial charge is 0.433 e. The van der Waals surface area contributed by atoms with Crippen LogP contribution in [0.25, 0.3) is 0 Å². The minimum absolute atomic E-state index is 0.0668. The second-order valence-electron chi connectivity index (χ2n) is 2.80. The highest BCUT2D eigenvalue weighted by molar-refractivity contribution is 6.42. The third-order valence-electron chi connectivity index (χ3n) is 1.74. The van der Waals surface area contributed by atoms with Gasteiger partial charge in [0.1, 0.15) is 5.69 Å². The molecule has 0 saturated heterocycles. The lowest BCUT2D eigenvalue weighted by Crippen LogP contribution is -2.12. The van der Waals surface area contributed by atoms with Gasteiger partial charge in [0.05, 0.1) is 15.7 Å². The molecule has 0 unspecified atom stereocenters. The summed E-state index contributed by atoms with van der Waals surface area (Å²) in [7, 11) is 0. The summed E-state index contributed by atoms with van der Waals surface area (Å²) in [5.74, 6) is 0. The molecule has 1 aromatic heterocycles. The number of nitrogens with zero attached hydrogens (tertiary/aromatic N) is 1. The van der Waals surface area contributed by atoms with Crippen LogP contribution in [-0.2, 0) is 6.18 Å². The van der Waals surface area contributed by atoms with E-state index in [1.807, 2.05) is 0 Å². The highest BCUT2D eigenvalue weighted by atomic mass is 35.5. The lowest BCUT2D eigenvalue weighted by molar-refractivity contribution is -0.141. The van der Waals surface area contributed by atoms with Gasteiger partial charge in [0, 0.05) is 0 Å². The summed E-state index contributed by atoms with van der Waals surface area (Å²) in [4.78, 5) is 3.36. The van der Waals surface area contributed by atoms with E-state index in [4.69, 9.17) is 23.2 Å². The van der Waals surface area contributed by atoms with Crippen molar-refractivity contribution in [2.75, 3.05) is 0 Å². The maximum absolute atomic E-state index is 12.4. The molecule has 0 aliphatic rings. The third-order valence-corrected chi connectivity index (χ3v) is 2.77. The molecule has 0 saturated carbocycles. The van der Waals surface area contributed by atoms with Crippen molar-refractivity contribution in [2.24, 2.45) is 0 Å². The zero-order valence-electron chi connectivity index (χ0n) is 7.34. The molecule has 0 bridgehead atoms. The molecule has 1 nitrogen and oxygen atoms in total. The standard InChI is InChI=1S/C8H6Cl2F3N/c1-3-5(9)6(10)4(2)14-7(3)8(11,12)13/h1-2H3. The predicted octanol–water partition coefficient (Wildman–Crippen LogP) is 4.02. The van der Waals surface area contributed by atoms with Crippen LogP contribution in [0, 0.1) is 13.8 Å². The van der Waals surface area contributed by atoms with Gasteiger partial charge >= 0.3 is 6.18 Å². The molecule has 1 rings (SSSR count). The van der Waals surface area contributed by atoms with Gasteiger partial charge in [0.2, 0.25) is 0 Å². The average molecular weight is 244 g/mol. The van der Waals surface area contributed by atoms with Gasteiger partial charge in [0.25, 0.3) is 0 Å². The molecule has 0 aliphatic carbocycles. The number of rotatable bonds is 0. The number of hydrogen-bond acceptors (Lipinski definition) is 1. The maximum atomic E-state index is 12.4. The normalized spacial score (nSPS) is 11.9. The molecule has 0 atom stereocenters. The van der Waals surface area contributed by atoms with Crippen LogP contribution in [0.5, 0.6) is 0 Å². The van der Waals surface area contributed by atoms with E-state index in [0.29, 0.717) is 0 Å². The molecule has 14 heavy (non-hydrogen) atoms. The quantitative estimate of drug-likeness (QED) is 0.671. The smallest absolute Gasteiger partial charge is 0.247 e. The highest BCUT2D eigenvalue weighted by Gasteiger charge is 2.36. The second-order valence-corrected chi connectivity index (χ2v) is 3.55. The van der Waals surface area contributed by atoms with Crippen molar-refractivity contribution >= 4 is 23.2 Å². The van der Waals surface area contributed by atoms with Crippen molar-refractivity contribution in [3.05, 3.63) is 27.0 Å². The van der Waals surface area contributed by atoms with Crippen LogP contribution in [0.4, 0.5) is 13.2 Å². The zero-order valence-corrected chi connectivity index (χ0v) is 8.85. The van der Waals surface area contributed by atoms with Crippen molar-refractivity contribution in [1.29, 1.82) is 0 Å². The van der Waals surface area contributed by atoms with Gasteiger partial charge in [0.15, 0.2) is 0 Å². The molecule has 0 N–H and O–H groups in total. The first-order valence-corrected chi connectivity index (χ1v) is 4.40. The summed E-state index contributed by atoms with van der Waals surface area (Å²) in [6, 6.07) is 0. The van der Waals surface area contributed by atoms with Crippen LogP contribution in [0.3, 0.4) is 0 Å². The lowest BCUT2D eigenvalue weighted by atomic mass is 10.2. The van der Waals surface area contributed by atoms with Gasteiger partial charge in [-0.3, -0.25) is 0 Å². The van der Waals surface area contributed by atoms with E-state index < -0.39 is 11.9 Å². The number of pyridine rings is 1. The van der Waals surface area contributed by atoms with Crippen molar-refractivity contribution in [1.82, 2.24) is 4.98 Å². The van der Waals surface area contributed by atoms with Crippen LogP contribution in [-0.4, -0.2) is 4.98 Å². The molecular formula is C8H6Cl2F3N. The Morgan fingerprint density at radius 1 is 1.07 bits per heavy atom. The Hall–Kier alpha value is -0.480. The molecule has 0 amide bonds. The van der Waals surface area contributed by atoms with Crippen molar-refractivity contribution in [2.45, 2.75) is 20.0 Å². The molecule has 0 radical (unpaired) electrons. The maximum Gasteiger partial charge on any atom is 0.433 e. The molecule has 1 aromatic rings. The first kappa shape index (κ1) is 11.6. The van der Waals surface area contributed by atoms with Gasteiger partial charge in [-0.25, -0.2) is 4.98 Å². The van der Waals surface area contributed by atoms with Crippen molar-refractivity contribution in [3.8, 4) is 0 Å². The van der Waals surface area contributed by atoms with Crippen molar-refractivity contribution in [3.63, 3.8) is 0 Å². The highest BCUT2D eigenvalue weighted by Crippen LogP contribution is 2.37. The monoisotopic (exact) mass is 243 g/mol. The fraction of sp³-hybridized carbons (Fsp3) is 0.375. The molecule has 0 aliphatic heterocycles. The molecule has 0 fully saturated rings. The molecule has 6 heteroatoms. The van der Waals surface area contributed by atoms with Crippen LogP contribution in [0.2, 0.25) is 10.0 Å². The van der Waals surface area contributed by atoms with E-state index in [1.54, 1.807) is 0 Å². The first-order chi connectivity index (χ1) is 6.25. The molecule has 0 aromatic carbocycles. The van der Waals surface area contributed by atoms with E-state index in [1.165, 1.54) is 13.8 Å². The summed E-state index contributed by atoms with van der Waals surface area (Å²) < 4.78 is 37.1. The van der Waals surface area contributed by atoms with Gasteiger partial charge in [-0.2, -0.15) is 13.2 Å². The first-order valence-electron chi connectivity index (χ1n) is 3.64. The Labute approximate surface area is 88.8 Å². The van der Waals surface area contributed by atoms with E-state index in [-0.39, 0.29) is 21.3 Å². The minimum Gasteiger partial charge on any atom is -0.247 e. The number of alkyl halides is 3. The molecule has 1 heterocycles. The average Bonchev–Trinajstić information content (AvgIpc) is 2.06. The molecule has 78 valence electrons. The van der Waals surface area contributed by atoms with Crippen molar-refractivity contribution < 1.29 is 13.2 Å². The second kappa shape index (κ2) is 3.59. The van der Waals surface area contributed by atoms with E-state index >= 15 is 0 Å². The number of aryl methyl sites for hydroxylation is 1. The molecule has 0 spiro atoms. The Morgan fingerprint density at radius 3 is 2.00 bits per heavy atom. The van der Waals surface area contributed by atoms with Gasteiger partial charge in [-0.05, 0) is 19.4 Å². The summed E-state index contributed by atoms with van der Waals surface area (Å²) >= 11 is 11.3. The number of halogens is 5. The number of hydrogen-bond donors (Lipinski definition) is 0. The lowest BCUT2D eigenvalue weighted by Gasteiger charge is -2.12. The van der Waals surface area contributed by atoms with Gasteiger partial charge < -0.3 is 0 Å². The van der Waals surface area contributed by atoms with Gasteiger partial charge in [-0.1, -0.05) is 23.2 Å². The van der Waals surface area contributed by atoms with E-state index in [2.05, 4.69) is 4.98 Å². The Kier molecular flexibility index (Phi) is 2.97. The fourth-order valence-corrected chi connectivity index (χ4v) is 1.41. The SMILES string of the molecule is Cc1nc(C(F)(F)F)c(C)c(Cl)c1Cl. The van der Waals surface area contributed by atoms with Crippen LogP contribution in [0.1, 0.15) is 17.0 Å². The summed E-state index contributed by atoms with van der Waals surface area (Å²) in [6.07, 6.45) is -4.50. The number of aromatic nitrogens is 1. The Balaban J connectivity index is 3.49.